The summed E-state index contributed by atoms with van der Waals surface area (Å²) in [7, 11) is 0. The highest BCUT2D eigenvalue weighted by molar-refractivity contribution is 6.28. The summed E-state index contributed by atoms with van der Waals surface area (Å²) in [5.41, 5.74) is -1.81. The lowest BCUT2D eigenvalue weighted by atomic mass is 10.0. The van der Waals surface area contributed by atoms with Crippen LogP contribution in [0.15, 0.2) is 30.5 Å². The van der Waals surface area contributed by atoms with Crippen LogP contribution in [0, 0.1) is 5.82 Å². The maximum Gasteiger partial charge on any atom is 0.417 e. The van der Waals surface area contributed by atoms with E-state index in [-0.39, 0.29) is 10.8 Å². The SMILES string of the molecule is Fc1cnc(Cl)nc1-c1ccccc1C(F)(F)F. The summed E-state index contributed by atoms with van der Waals surface area (Å²) in [6.45, 7) is 0. The number of benzene rings is 1. The van der Waals surface area contributed by atoms with Gasteiger partial charge in [-0.05, 0) is 17.7 Å². The third kappa shape index (κ3) is 2.43. The number of nitrogens with zero attached hydrogens (tertiary/aromatic N) is 2. The molecule has 2 rings (SSSR count). The van der Waals surface area contributed by atoms with Gasteiger partial charge in [0.05, 0.1) is 11.8 Å². The number of alkyl halides is 3. The maximum atomic E-state index is 13.5. The minimum Gasteiger partial charge on any atom is -0.223 e. The molecule has 7 heteroatoms. The van der Waals surface area contributed by atoms with Crippen LogP contribution in [-0.2, 0) is 6.18 Å². The lowest BCUT2D eigenvalue weighted by Crippen LogP contribution is -2.08. The molecule has 2 nitrogen and oxygen atoms in total. The zero-order valence-corrected chi connectivity index (χ0v) is 9.43. The van der Waals surface area contributed by atoms with Crippen LogP contribution in [-0.4, -0.2) is 9.97 Å². The van der Waals surface area contributed by atoms with Crippen molar-refractivity contribution in [2.24, 2.45) is 0 Å². The zero-order valence-electron chi connectivity index (χ0n) is 8.67. The summed E-state index contributed by atoms with van der Waals surface area (Å²) in [5.74, 6) is -0.962. The molecule has 0 aliphatic carbocycles. The highest BCUT2D eigenvalue weighted by Crippen LogP contribution is 2.37. The van der Waals surface area contributed by atoms with E-state index in [1.54, 1.807) is 0 Å². The average molecular weight is 277 g/mol. The van der Waals surface area contributed by atoms with E-state index in [0.717, 1.165) is 18.3 Å². The zero-order chi connectivity index (χ0) is 13.3. The van der Waals surface area contributed by atoms with Crippen molar-refractivity contribution in [1.29, 1.82) is 0 Å². The maximum absolute atomic E-state index is 13.5. The fraction of sp³-hybridized carbons (Fsp3) is 0.0909. The van der Waals surface area contributed by atoms with Gasteiger partial charge in [-0.2, -0.15) is 13.2 Å². The van der Waals surface area contributed by atoms with Gasteiger partial charge in [0.2, 0.25) is 5.28 Å². The van der Waals surface area contributed by atoms with Crippen molar-refractivity contribution in [3.8, 4) is 11.3 Å². The van der Waals surface area contributed by atoms with Gasteiger partial charge in [0.25, 0.3) is 0 Å². The number of halogens is 5. The van der Waals surface area contributed by atoms with Crippen molar-refractivity contribution in [1.82, 2.24) is 9.97 Å². The van der Waals surface area contributed by atoms with Crippen LogP contribution in [0.25, 0.3) is 11.3 Å². The molecule has 0 aliphatic heterocycles. The van der Waals surface area contributed by atoms with Gasteiger partial charge in [-0.3, -0.25) is 0 Å². The normalized spacial score (nSPS) is 11.6. The Morgan fingerprint density at radius 2 is 1.78 bits per heavy atom. The lowest BCUT2D eigenvalue weighted by molar-refractivity contribution is -0.137. The van der Waals surface area contributed by atoms with E-state index in [2.05, 4.69) is 9.97 Å². The van der Waals surface area contributed by atoms with Crippen LogP contribution in [0.3, 0.4) is 0 Å². The summed E-state index contributed by atoms with van der Waals surface area (Å²) in [5, 5.41) is -0.316. The van der Waals surface area contributed by atoms with E-state index in [4.69, 9.17) is 11.6 Å². The third-order valence-corrected chi connectivity index (χ3v) is 2.38. The second-order valence-corrected chi connectivity index (χ2v) is 3.72. The Bertz CT molecular complexity index is 583. The molecule has 0 fully saturated rings. The Balaban J connectivity index is 2.68. The van der Waals surface area contributed by atoms with Crippen molar-refractivity contribution in [2.75, 3.05) is 0 Å². The molecule has 1 aromatic carbocycles. The Morgan fingerprint density at radius 3 is 2.44 bits per heavy atom. The van der Waals surface area contributed by atoms with Crippen LogP contribution >= 0.6 is 11.6 Å². The molecule has 2 aromatic rings. The van der Waals surface area contributed by atoms with Crippen LogP contribution in [0.5, 0.6) is 0 Å². The number of rotatable bonds is 1. The molecular weight excluding hydrogens is 272 g/mol. The van der Waals surface area contributed by atoms with Crippen LogP contribution in [0.4, 0.5) is 17.6 Å². The van der Waals surface area contributed by atoms with Gasteiger partial charge in [0.15, 0.2) is 5.82 Å². The van der Waals surface area contributed by atoms with Gasteiger partial charge in [0, 0.05) is 5.56 Å². The standard InChI is InChI=1S/C11H5ClF4N2/c12-10-17-5-8(13)9(18-10)6-3-1-2-4-7(6)11(14,15)16/h1-5H. The molecule has 0 atom stereocenters. The highest BCUT2D eigenvalue weighted by atomic mass is 35.5. The molecule has 0 saturated carbocycles. The second kappa shape index (κ2) is 4.53. The summed E-state index contributed by atoms with van der Waals surface area (Å²) in [6, 6.07) is 4.56. The van der Waals surface area contributed by atoms with Gasteiger partial charge in [-0.15, -0.1) is 0 Å². The molecule has 94 valence electrons. The van der Waals surface area contributed by atoms with Crippen molar-refractivity contribution in [2.45, 2.75) is 6.18 Å². The molecule has 0 saturated heterocycles. The Kier molecular flexibility index (Phi) is 3.21. The molecule has 0 aliphatic rings. The van der Waals surface area contributed by atoms with Crippen molar-refractivity contribution >= 4 is 11.6 Å². The predicted octanol–water partition coefficient (Wildman–Crippen LogP) is 3.95. The average Bonchev–Trinajstić information content (AvgIpc) is 2.31. The second-order valence-electron chi connectivity index (χ2n) is 3.38. The molecule has 1 aromatic heterocycles. The quantitative estimate of drug-likeness (QED) is 0.582. The first-order valence-corrected chi connectivity index (χ1v) is 5.12. The molecule has 0 radical (unpaired) electrons. The molecule has 18 heavy (non-hydrogen) atoms. The van der Waals surface area contributed by atoms with Gasteiger partial charge in [-0.25, -0.2) is 14.4 Å². The van der Waals surface area contributed by atoms with Gasteiger partial charge in [0.1, 0.15) is 5.69 Å². The molecule has 0 spiro atoms. The molecule has 0 unspecified atom stereocenters. The van der Waals surface area contributed by atoms with Crippen molar-refractivity contribution in [3.05, 3.63) is 47.1 Å². The molecule has 1 heterocycles. The lowest BCUT2D eigenvalue weighted by Gasteiger charge is -2.12. The van der Waals surface area contributed by atoms with Crippen LogP contribution in [0.2, 0.25) is 5.28 Å². The largest absolute Gasteiger partial charge is 0.417 e. The van der Waals surface area contributed by atoms with E-state index >= 15 is 0 Å². The van der Waals surface area contributed by atoms with Gasteiger partial charge in [-0.1, -0.05) is 18.2 Å². The summed E-state index contributed by atoms with van der Waals surface area (Å²) in [4.78, 5) is 6.85. The molecule has 0 bridgehead atoms. The smallest absolute Gasteiger partial charge is 0.223 e. The first kappa shape index (κ1) is 12.8. The third-order valence-electron chi connectivity index (χ3n) is 2.20. The minimum absolute atomic E-state index is 0.316. The van der Waals surface area contributed by atoms with E-state index in [1.165, 1.54) is 12.1 Å². The fourth-order valence-corrected chi connectivity index (χ4v) is 1.60. The predicted molar refractivity (Wildman–Crippen MR) is 57.4 cm³/mol. The molecule has 0 N–H and O–H groups in total. The Labute approximate surface area is 104 Å². The van der Waals surface area contributed by atoms with Crippen molar-refractivity contribution in [3.63, 3.8) is 0 Å². The Hall–Kier alpha value is -1.69. The topological polar surface area (TPSA) is 25.8 Å². The van der Waals surface area contributed by atoms with Crippen LogP contribution in [0.1, 0.15) is 5.56 Å². The number of hydrogen-bond acceptors (Lipinski definition) is 2. The summed E-state index contributed by atoms with van der Waals surface area (Å²) in [6.07, 6.45) is -3.86. The number of hydrogen-bond donors (Lipinski definition) is 0. The van der Waals surface area contributed by atoms with Gasteiger partial charge < -0.3 is 0 Å². The first-order valence-electron chi connectivity index (χ1n) is 4.74. The van der Waals surface area contributed by atoms with E-state index in [1.807, 2.05) is 0 Å². The monoisotopic (exact) mass is 276 g/mol. The highest BCUT2D eigenvalue weighted by Gasteiger charge is 2.34. The van der Waals surface area contributed by atoms with Gasteiger partial charge >= 0.3 is 6.18 Å². The van der Waals surface area contributed by atoms with Crippen molar-refractivity contribution < 1.29 is 17.6 Å². The minimum atomic E-state index is -4.60. The molecule has 0 amide bonds. The van der Waals surface area contributed by atoms with Crippen LogP contribution < -0.4 is 0 Å². The van der Waals surface area contributed by atoms with E-state index in [0.29, 0.717) is 0 Å². The Morgan fingerprint density at radius 1 is 1.11 bits per heavy atom. The fourth-order valence-electron chi connectivity index (χ4n) is 1.47. The summed E-state index contributed by atoms with van der Waals surface area (Å²) >= 11 is 5.46. The summed E-state index contributed by atoms with van der Waals surface area (Å²) < 4.78 is 51.8. The first-order chi connectivity index (χ1) is 8.39. The molecular formula is C11H5ClF4N2. The number of aromatic nitrogens is 2. The van der Waals surface area contributed by atoms with E-state index < -0.39 is 23.3 Å². The van der Waals surface area contributed by atoms with E-state index in [9.17, 15) is 17.6 Å².